The molecule has 2 N–H and O–H groups in total. The third-order valence-electron chi connectivity index (χ3n) is 2.74. The van der Waals surface area contributed by atoms with Gasteiger partial charge < -0.3 is 5.32 Å². The summed E-state index contributed by atoms with van der Waals surface area (Å²) >= 11 is 3.42. The van der Waals surface area contributed by atoms with E-state index in [9.17, 15) is 8.42 Å². The van der Waals surface area contributed by atoms with Crippen LogP contribution in [0.4, 0.5) is 17.1 Å². The number of hydrogen-bond donors (Lipinski definition) is 2. The van der Waals surface area contributed by atoms with Gasteiger partial charge in [-0.25, -0.2) is 8.42 Å². The van der Waals surface area contributed by atoms with Crippen LogP contribution in [0.1, 0.15) is 13.3 Å². The molecule has 2 aromatic carbocycles. The number of benzene rings is 2. The van der Waals surface area contributed by atoms with Crippen molar-refractivity contribution in [2.24, 2.45) is 0 Å². The van der Waals surface area contributed by atoms with Gasteiger partial charge in [-0.05, 0) is 48.9 Å². The van der Waals surface area contributed by atoms with Gasteiger partial charge in [-0.15, -0.1) is 0 Å². The van der Waals surface area contributed by atoms with E-state index in [-0.39, 0.29) is 5.75 Å². The first kappa shape index (κ1) is 15.9. The van der Waals surface area contributed by atoms with E-state index < -0.39 is 10.0 Å². The molecule has 0 bridgehead atoms. The molecule has 0 aliphatic rings. The summed E-state index contributed by atoms with van der Waals surface area (Å²) in [5.41, 5.74) is 2.43. The van der Waals surface area contributed by atoms with Crippen molar-refractivity contribution in [3.8, 4) is 0 Å². The number of rotatable bonds is 6. The molecule has 4 nitrogen and oxygen atoms in total. The third-order valence-corrected chi connectivity index (χ3v) is 4.73. The molecule has 0 radical (unpaired) electrons. The predicted octanol–water partition coefficient (Wildman–Crippen LogP) is 4.34. The van der Waals surface area contributed by atoms with Crippen LogP contribution in [0.5, 0.6) is 0 Å². The molecule has 21 heavy (non-hydrogen) atoms. The van der Waals surface area contributed by atoms with Crippen molar-refractivity contribution >= 4 is 43.0 Å². The first-order valence-electron chi connectivity index (χ1n) is 6.61. The van der Waals surface area contributed by atoms with Crippen molar-refractivity contribution in [2.45, 2.75) is 13.3 Å². The molecule has 0 aromatic heterocycles. The minimum Gasteiger partial charge on any atom is -0.355 e. The lowest BCUT2D eigenvalue weighted by Crippen LogP contribution is -2.15. The molecule has 0 fully saturated rings. The Kier molecular flexibility index (Phi) is 5.25. The number of hydrogen-bond acceptors (Lipinski definition) is 3. The predicted molar refractivity (Wildman–Crippen MR) is 91.6 cm³/mol. The van der Waals surface area contributed by atoms with Gasteiger partial charge in [0.1, 0.15) is 0 Å². The fraction of sp³-hybridized carbons (Fsp3) is 0.200. The molecule has 2 aromatic rings. The normalized spacial score (nSPS) is 11.1. The Morgan fingerprint density at radius 3 is 2.29 bits per heavy atom. The van der Waals surface area contributed by atoms with Crippen molar-refractivity contribution in [1.29, 1.82) is 0 Å². The highest BCUT2D eigenvalue weighted by molar-refractivity contribution is 9.10. The van der Waals surface area contributed by atoms with Gasteiger partial charge in [0.05, 0.1) is 5.75 Å². The Morgan fingerprint density at radius 2 is 1.67 bits per heavy atom. The minimum atomic E-state index is -3.24. The van der Waals surface area contributed by atoms with E-state index in [4.69, 9.17) is 0 Å². The summed E-state index contributed by atoms with van der Waals surface area (Å²) in [6.45, 7) is 1.84. The maximum Gasteiger partial charge on any atom is 0.232 e. The van der Waals surface area contributed by atoms with Crippen LogP contribution < -0.4 is 10.0 Å². The molecule has 0 saturated heterocycles. The highest BCUT2D eigenvalue weighted by atomic mass is 79.9. The summed E-state index contributed by atoms with van der Waals surface area (Å²) < 4.78 is 26.9. The van der Waals surface area contributed by atoms with Gasteiger partial charge in [-0.1, -0.05) is 28.9 Å². The minimum absolute atomic E-state index is 0.130. The average molecular weight is 369 g/mol. The Hall–Kier alpha value is -1.53. The standard InChI is InChI=1S/C15H17BrN2O2S/c1-2-10-21(19,20)18-14-8-6-13(7-9-14)17-15-5-3-4-12(16)11-15/h3-9,11,17-18H,2,10H2,1H3. The van der Waals surface area contributed by atoms with E-state index in [2.05, 4.69) is 26.0 Å². The first-order valence-corrected chi connectivity index (χ1v) is 9.06. The zero-order chi connectivity index (χ0) is 15.3. The lowest BCUT2D eigenvalue weighted by atomic mass is 10.2. The van der Waals surface area contributed by atoms with Crippen LogP contribution >= 0.6 is 15.9 Å². The Balaban J connectivity index is 2.05. The van der Waals surface area contributed by atoms with E-state index in [0.717, 1.165) is 15.8 Å². The molecule has 112 valence electrons. The van der Waals surface area contributed by atoms with E-state index in [1.807, 2.05) is 43.3 Å². The average Bonchev–Trinajstić information content (AvgIpc) is 2.40. The molecule has 2 rings (SSSR count). The topological polar surface area (TPSA) is 58.2 Å². The van der Waals surface area contributed by atoms with E-state index in [1.54, 1.807) is 12.1 Å². The highest BCUT2D eigenvalue weighted by Gasteiger charge is 2.08. The summed E-state index contributed by atoms with van der Waals surface area (Å²) in [7, 11) is -3.24. The summed E-state index contributed by atoms with van der Waals surface area (Å²) in [5.74, 6) is 0.130. The summed E-state index contributed by atoms with van der Waals surface area (Å²) in [6, 6.07) is 15.0. The van der Waals surface area contributed by atoms with Crippen LogP contribution in [0.3, 0.4) is 0 Å². The molecular formula is C15H17BrN2O2S. The van der Waals surface area contributed by atoms with Crippen LogP contribution in [0.15, 0.2) is 53.0 Å². The number of halogens is 1. The molecule has 0 aliphatic heterocycles. The monoisotopic (exact) mass is 368 g/mol. The third kappa shape index (κ3) is 5.06. The lowest BCUT2D eigenvalue weighted by molar-refractivity contribution is 0.600. The first-order chi connectivity index (χ1) is 9.98. The molecular weight excluding hydrogens is 352 g/mol. The fourth-order valence-electron chi connectivity index (χ4n) is 1.85. The zero-order valence-corrected chi connectivity index (χ0v) is 14.0. The van der Waals surface area contributed by atoms with Crippen molar-refractivity contribution < 1.29 is 8.42 Å². The molecule has 0 unspecified atom stereocenters. The van der Waals surface area contributed by atoms with E-state index in [1.165, 1.54) is 0 Å². The van der Waals surface area contributed by atoms with Crippen LogP contribution in [0, 0.1) is 0 Å². The summed E-state index contributed by atoms with van der Waals surface area (Å²) in [6.07, 6.45) is 0.595. The molecule has 0 amide bonds. The maximum atomic E-state index is 11.7. The van der Waals surface area contributed by atoms with Gasteiger partial charge in [0.15, 0.2) is 0 Å². The smallest absolute Gasteiger partial charge is 0.232 e. The van der Waals surface area contributed by atoms with E-state index >= 15 is 0 Å². The van der Waals surface area contributed by atoms with Crippen LogP contribution in [-0.2, 0) is 10.0 Å². The van der Waals surface area contributed by atoms with Gasteiger partial charge in [-0.3, -0.25) is 4.72 Å². The largest absolute Gasteiger partial charge is 0.355 e. The van der Waals surface area contributed by atoms with E-state index in [0.29, 0.717) is 12.1 Å². The van der Waals surface area contributed by atoms with Crippen molar-refractivity contribution in [2.75, 3.05) is 15.8 Å². The molecule has 0 saturated carbocycles. The van der Waals surface area contributed by atoms with Gasteiger partial charge >= 0.3 is 0 Å². The van der Waals surface area contributed by atoms with Crippen molar-refractivity contribution in [3.05, 3.63) is 53.0 Å². The summed E-state index contributed by atoms with van der Waals surface area (Å²) in [5, 5.41) is 3.25. The van der Waals surface area contributed by atoms with Crippen LogP contribution in [-0.4, -0.2) is 14.2 Å². The number of nitrogens with one attached hydrogen (secondary N) is 2. The highest BCUT2D eigenvalue weighted by Crippen LogP contribution is 2.22. The molecule has 0 heterocycles. The second-order valence-corrected chi connectivity index (χ2v) is 7.39. The number of anilines is 3. The lowest BCUT2D eigenvalue weighted by Gasteiger charge is -2.10. The quantitative estimate of drug-likeness (QED) is 0.796. The van der Waals surface area contributed by atoms with Gasteiger partial charge in [0.2, 0.25) is 10.0 Å². The Morgan fingerprint density at radius 1 is 1.00 bits per heavy atom. The van der Waals surface area contributed by atoms with Crippen molar-refractivity contribution in [1.82, 2.24) is 0 Å². The molecule has 0 atom stereocenters. The SMILES string of the molecule is CCCS(=O)(=O)Nc1ccc(Nc2cccc(Br)c2)cc1. The molecule has 0 aliphatic carbocycles. The van der Waals surface area contributed by atoms with Gasteiger partial charge in [-0.2, -0.15) is 0 Å². The van der Waals surface area contributed by atoms with Crippen LogP contribution in [0.2, 0.25) is 0 Å². The number of sulfonamides is 1. The Labute approximate surface area is 133 Å². The second-order valence-electron chi connectivity index (χ2n) is 4.63. The van der Waals surface area contributed by atoms with Crippen molar-refractivity contribution in [3.63, 3.8) is 0 Å². The van der Waals surface area contributed by atoms with Crippen LogP contribution in [0.25, 0.3) is 0 Å². The molecule has 0 spiro atoms. The second kappa shape index (κ2) is 6.95. The Bertz CT molecular complexity index is 700. The summed E-state index contributed by atoms with van der Waals surface area (Å²) in [4.78, 5) is 0. The van der Waals surface area contributed by atoms with Gasteiger partial charge in [0.25, 0.3) is 0 Å². The zero-order valence-electron chi connectivity index (χ0n) is 11.6. The molecule has 6 heteroatoms. The maximum absolute atomic E-state index is 11.7. The fourth-order valence-corrected chi connectivity index (χ4v) is 3.39. The van der Waals surface area contributed by atoms with Gasteiger partial charge in [0, 0.05) is 21.5 Å².